The number of carbonyl (C=O) groups excluding carboxylic acids is 2. The van der Waals surface area contributed by atoms with Gasteiger partial charge in [-0.2, -0.15) is 8.78 Å². The molecule has 1 atom stereocenters. The molecule has 9 heteroatoms. The maximum Gasteiger partial charge on any atom is 0.407 e. The molecule has 2 amide bonds. The molecule has 1 aliphatic rings. The third-order valence-electron chi connectivity index (χ3n) is 6.41. The summed E-state index contributed by atoms with van der Waals surface area (Å²) < 4.78 is 34.2. The third-order valence-corrected chi connectivity index (χ3v) is 6.41. The Kier molecular flexibility index (Phi) is 7.47. The van der Waals surface area contributed by atoms with Crippen molar-refractivity contribution in [2.45, 2.75) is 45.6 Å². The topological polar surface area (TPSA) is 105 Å². The molecule has 0 spiro atoms. The van der Waals surface area contributed by atoms with Gasteiger partial charge in [0.1, 0.15) is 6.61 Å². The Morgan fingerprint density at radius 1 is 1.00 bits per heavy atom. The standard InChI is InChI=1S/C26H30F2N2O5/c1-15(2)21(25(3,4)23(32)33)30-22(31)26(27,28)14-29-24(34)35-13-20-18-11-7-5-9-16(18)17-10-6-8-12-19(17)20/h5-12,15,20-21H,13-14H2,1-4H3,(H,29,34)(H,30,31)(H,32,33). The molecular formula is C26H30F2N2O5. The maximum absolute atomic E-state index is 14.5. The van der Waals surface area contributed by atoms with Gasteiger partial charge in [-0.25, -0.2) is 4.79 Å². The summed E-state index contributed by atoms with van der Waals surface area (Å²) in [6.45, 7) is 4.62. The number of amides is 2. The number of benzene rings is 2. The van der Waals surface area contributed by atoms with Crippen molar-refractivity contribution in [2.75, 3.05) is 13.2 Å². The first-order chi connectivity index (χ1) is 16.4. The van der Waals surface area contributed by atoms with Crippen LogP contribution in [0.3, 0.4) is 0 Å². The number of halogens is 2. The normalized spacial score (nSPS) is 14.1. The monoisotopic (exact) mass is 488 g/mol. The minimum Gasteiger partial charge on any atom is -0.481 e. The van der Waals surface area contributed by atoms with Gasteiger partial charge >= 0.3 is 18.0 Å². The molecule has 3 N–H and O–H groups in total. The number of fused-ring (bicyclic) bond motifs is 3. The maximum atomic E-state index is 14.5. The number of carbonyl (C=O) groups is 3. The number of alkyl carbamates (subject to hydrolysis) is 1. The van der Waals surface area contributed by atoms with Crippen molar-refractivity contribution < 1.29 is 33.0 Å². The zero-order chi connectivity index (χ0) is 26.0. The average Bonchev–Trinajstić information content (AvgIpc) is 3.13. The summed E-state index contributed by atoms with van der Waals surface area (Å²) in [6.07, 6.45) is -1.08. The lowest BCUT2D eigenvalue weighted by Crippen LogP contribution is -2.57. The number of alkyl halides is 2. The van der Waals surface area contributed by atoms with E-state index >= 15 is 0 Å². The Morgan fingerprint density at radius 3 is 2.00 bits per heavy atom. The van der Waals surface area contributed by atoms with Crippen LogP contribution in [0.2, 0.25) is 0 Å². The fourth-order valence-electron chi connectivity index (χ4n) is 4.47. The highest BCUT2D eigenvalue weighted by Crippen LogP contribution is 2.44. The molecule has 0 saturated heterocycles. The predicted octanol–water partition coefficient (Wildman–Crippen LogP) is 4.41. The molecule has 0 bridgehead atoms. The number of carboxylic acid groups (broad SMARTS) is 1. The van der Waals surface area contributed by atoms with Crippen LogP contribution in [0, 0.1) is 11.3 Å². The fraction of sp³-hybridized carbons (Fsp3) is 0.423. The summed E-state index contributed by atoms with van der Waals surface area (Å²) in [5.74, 6) is -7.51. The van der Waals surface area contributed by atoms with Crippen molar-refractivity contribution in [2.24, 2.45) is 11.3 Å². The van der Waals surface area contributed by atoms with E-state index in [1.54, 1.807) is 13.8 Å². The Balaban J connectivity index is 1.59. The van der Waals surface area contributed by atoms with E-state index in [0.717, 1.165) is 22.3 Å². The molecule has 1 aliphatic carbocycles. The van der Waals surface area contributed by atoms with Crippen LogP contribution in [0.1, 0.15) is 44.7 Å². The van der Waals surface area contributed by atoms with Crippen molar-refractivity contribution in [3.63, 3.8) is 0 Å². The summed E-state index contributed by atoms with van der Waals surface area (Å²) in [7, 11) is 0. The highest BCUT2D eigenvalue weighted by atomic mass is 19.3. The van der Waals surface area contributed by atoms with Gasteiger partial charge in [0, 0.05) is 12.0 Å². The second kappa shape index (κ2) is 10.0. The summed E-state index contributed by atoms with van der Waals surface area (Å²) >= 11 is 0. The molecule has 0 radical (unpaired) electrons. The summed E-state index contributed by atoms with van der Waals surface area (Å²) in [6, 6.07) is 14.4. The van der Waals surface area contributed by atoms with E-state index in [-0.39, 0.29) is 12.5 Å². The molecule has 35 heavy (non-hydrogen) atoms. The molecule has 0 aliphatic heterocycles. The molecule has 0 saturated carbocycles. The number of rotatable bonds is 9. The number of ether oxygens (including phenoxy) is 1. The zero-order valence-corrected chi connectivity index (χ0v) is 20.1. The van der Waals surface area contributed by atoms with E-state index < -0.39 is 47.8 Å². The zero-order valence-electron chi connectivity index (χ0n) is 20.1. The number of hydrogen-bond donors (Lipinski definition) is 3. The van der Waals surface area contributed by atoms with Crippen molar-refractivity contribution >= 4 is 18.0 Å². The lowest BCUT2D eigenvalue weighted by molar-refractivity contribution is -0.153. The minimum absolute atomic E-state index is 0.0557. The number of hydrogen-bond acceptors (Lipinski definition) is 4. The largest absolute Gasteiger partial charge is 0.481 e. The molecule has 2 aromatic carbocycles. The van der Waals surface area contributed by atoms with Gasteiger partial charge in [0.25, 0.3) is 5.91 Å². The predicted molar refractivity (Wildman–Crippen MR) is 126 cm³/mol. The van der Waals surface area contributed by atoms with Gasteiger partial charge < -0.3 is 20.5 Å². The van der Waals surface area contributed by atoms with E-state index in [4.69, 9.17) is 4.74 Å². The quantitative estimate of drug-likeness (QED) is 0.485. The van der Waals surface area contributed by atoms with Crippen LogP contribution in [-0.4, -0.2) is 48.2 Å². The van der Waals surface area contributed by atoms with E-state index in [2.05, 4.69) is 5.32 Å². The van der Waals surface area contributed by atoms with Gasteiger partial charge in [-0.15, -0.1) is 0 Å². The number of nitrogens with one attached hydrogen (secondary N) is 2. The van der Waals surface area contributed by atoms with Crippen LogP contribution >= 0.6 is 0 Å². The first-order valence-corrected chi connectivity index (χ1v) is 11.4. The molecule has 0 heterocycles. The van der Waals surface area contributed by atoms with Crippen LogP contribution in [-0.2, 0) is 14.3 Å². The summed E-state index contributed by atoms with van der Waals surface area (Å²) in [5.41, 5.74) is 2.55. The summed E-state index contributed by atoms with van der Waals surface area (Å²) in [5, 5.41) is 13.5. The highest BCUT2D eigenvalue weighted by Gasteiger charge is 2.45. The Labute approximate surface area is 202 Å². The van der Waals surface area contributed by atoms with Gasteiger partial charge in [-0.3, -0.25) is 9.59 Å². The fourth-order valence-corrected chi connectivity index (χ4v) is 4.47. The van der Waals surface area contributed by atoms with E-state index in [0.29, 0.717) is 0 Å². The Morgan fingerprint density at radius 2 is 1.51 bits per heavy atom. The minimum atomic E-state index is -3.96. The second-order valence-corrected chi connectivity index (χ2v) is 9.61. The lowest BCUT2D eigenvalue weighted by atomic mass is 9.78. The van der Waals surface area contributed by atoms with Crippen molar-refractivity contribution in [1.82, 2.24) is 10.6 Å². The Hall–Kier alpha value is -3.49. The van der Waals surface area contributed by atoms with Crippen molar-refractivity contribution in [1.29, 1.82) is 0 Å². The molecule has 1 unspecified atom stereocenters. The molecule has 2 aromatic rings. The van der Waals surface area contributed by atoms with E-state index in [9.17, 15) is 28.3 Å². The van der Waals surface area contributed by atoms with Crippen LogP contribution < -0.4 is 10.6 Å². The van der Waals surface area contributed by atoms with Crippen molar-refractivity contribution in [3.05, 3.63) is 59.7 Å². The average molecular weight is 489 g/mol. The number of aliphatic carboxylic acids is 1. The van der Waals surface area contributed by atoms with Gasteiger partial charge in [0.2, 0.25) is 0 Å². The van der Waals surface area contributed by atoms with Crippen LogP contribution in [0.5, 0.6) is 0 Å². The second-order valence-electron chi connectivity index (χ2n) is 9.61. The molecular weight excluding hydrogens is 458 g/mol. The van der Waals surface area contributed by atoms with Gasteiger partial charge in [-0.1, -0.05) is 62.4 Å². The smallest absolute Gasteiger partial charge is 0.407 e. The van der Waals surface area contributed by atoms with Gasteiger partial charge in [0.05, 0.1) is 12.0 Å². The van der Waals surface area contributed by atoms with Crippen LogP contribution in [0.4, 0.5) is 13.6 Å². The molecule has 0 fully saturated rings. The Bertz CT molecular complexity index is 1070. The first-order valence-electron chi connectivity index (χ1n) is 11.4. The van der Waals surface area contributed by atoms with Crippen LogP contribution in [0.15, 0.2) is 48.5 Å². The van der Waals surface area contributed by atoms with Crippen molar-refractivity contribution in [3.8, 4) is 11.1 Å². The lowest BCUT2D eigenvalue weighted by Gasteiger charge is -2.35. The SMILES string of the molecule is CC(C)C(NC(=O)C(F)(F)CNC(=O)OCC1c2ccccc2-c2ccccc21)C(C)(C)C(=O)O. The highest BCUT2D eigenvalue weighted by molar-refractivity contribution is 5.86. The van der Waals surface area contributed by atoms with Gasteiger partial charge in [0.15, 0.2) is 0 Å². The van der Waals surface area contributed by atoms with E-state index in [1.165, 1.54) is 13.8 Å². The number of carboxylic acids is 1. The molecule has 7 nitrogen and oxygen atoms in total. The molecule has 0 aromatic heterocycles. The van der Waals surface area contributed by atoms with Gasteiger partial charge in [-0.05, 0) is 42.0 Å². The molecule has 188 valence electrons. The van der Waals surface area contributed by atoms with Crippen LogP contribution in [0.25, 0.3) is 11.1 Å². The summed E-state index contributed by atoms with van der Waals surface area (Å²) in [4.78, 5) is 36.0. The first kappa shape index (κ1) is 26.1. The third kappa shape index (κ3) is 5.44. The van der Waals surface area contributed by atoms with E-state index in [1.807, 2.05) is 53.8 Å². The molecule has 3 rings (SSSR count).